The second-order valence-electron chi connectivity index (χ2n) is 8.27. The van der Waals surface area contributed by atoms with Crippen LogP contribution in [0.3, 0.4) is 0 Å². The molecule has 1 fully saturated rings. The van der Waals surface area contributed by atoms with Gasteiger partial charge in [0.05, 0.1) is 0 Å². The van der Waals surface area contributed by atoms with Crippen molar-refractivity contribution in [2.24, 2.45) is 22.7 Å². The van der Waals surface area contributed by atoms with E-state index in [0.29, 0.717) is 10.8 Å². The number of likely N-dealkylation sites (tertiary alicyclic amines) is 1. The van der Waals surface area contributed by atoms with Crippen molar-refractivity contribution in [1.82, 2.24) is 4.90 Å². The van der Waals surface area contributed by atoms with E-state index < -0.39 is 0 Å². The van der Waals surface area contributed by atoms with Crippen LogP contribution in [0.15, 0.2) is 0 Å². The van der Waals surface area contributed by atoms with Crippen molar-refractivity contribution in [3.05, 3.63) is 0 Å². The van der Waals surface area contributed by atoms with E-state index in [4.69, 9.17) is 0 Å². The molecule has 1 nitrogen and oxygen atoms in total. The lowest BCUT2D eigenvalue weighted by Crippen LogP contribution is -2.23. The highest BCUT2D eigenvalue weighted by Crippen LogP contribution is 2.39. The molecule has 1 heteroatoms. The Morgan fingerprint density at radius 3 is 1.38 bits per heavy atom. The fraction of sp³-hybridized carbons (Fsp3) is 1.00. The lowest BCUT2D eigenvalue weighted by atomic mass is 9.74. The van der Waals surface area contributed by atoms with Crippen LogP contribution in [0, 0.1) is 22.7 Å². The van der Waals surface area contributed by atoms with Crippen LogP contribution in [0.2, 0.25) is 0 Å². The summed E-state index contributed by atoms with van der Waals surface area (Å²) < 4.78 is 0. The number of hydrogen-bond acceptors (Lipinski definition) is 1. The van der Waals surface area contributed by atoms with Crippen LogP contribution < -0.4 is 0 Å². The van der Waals surface area contributed by atoms with Gasteiger partial charge in [-0.1, -0.05) is 41.5 Å². The van der Waals surface area contributed by atoms with E-state index in [0.717, 1.165) is 11.8 Å². The maximum Gasteiger partial charge on any atom is 0.00101 e. The van der Waals surface area contributed by atoms with Gasteiger partial charge < -0.3 is 4.90 Å². The molecule has 1 aliphatic heterocycles. The Labute approximate surface area is 103 Å². The zero-order valence-corrected chi connectivity index (χ0v) is 12.4. The van der Waals surface area contributed by atoms with E-state index in [1.54, 1.807) is 0 Å². The van der Waals surface area contributed by atoms with Crippen LogP contribution in [-0.2, 0) is 0 Å². The third-order valence-corrected chi connectivity index (χ3v) is 3.51. The Bertz CT molecular complexity index is 195. The fourth-order valence-electron chi connectivity index (χ4n) is 3.21. The van der Waals surface area contributed by atoms with Gasteiger partial charge in [0, 0.05) is 13.1 Å². The number of nitrogens with zero attached hydrogens (tertiary/aromatic N) is 1. The van der Waals surface area contributed by atoms with Gasteiger partial charge in [-0.05, 0) is 42.6 Å². The number of hydrogen-bond donors (Lipinski definition) is 0. The molecule has 1 rings (SSSR count). The van der Waals surface area contributed by atoms with Crippen molar-refractivity contribution in [2.45, 2.75) is 54.4 Å². The van der Waals surface area contributed by atoms with Crippen LogP contribution in [0.4, 0.5) is 0 Å². The largest absolute Gasteiger partial charge is 0.306 e. The first kappa shape index (κ1) is 14.0. The molecule has 0 aliphatic carbocycles. The molecule has 0 aromatic carbocycles. The molecule has 0 spiro atoms. The molecule has 0 N–H and O–H groups in total. The maximum absolute atomic E-state index is 2.52. The molecule has 0 aromatic rings. The highest BCUT2D eigenvalue weighted by Gasteiger charge is 2.35. The average molecular weight is 225 g/mol. The van der Waals surface area contributed by atoms with Crippen molar-refractivity contribution in [2.75, 3.05) is 20.1 Å². The average Bonchev–Trinajstić information content (AvgIpc) is 2.23. The minimum absolute atomic E-state index is 0.478. The molecule has 0 saturated carbocycles. The summed E-state index contributed by atoms with van der Waals surface area (Å²) in [7, 11) is 2.28. The summed E-state index contributed by atoms with van der Waals surface area (Å²) in [6.07, 6.45) is 2.75. The molecule has 0 aromatic heterocycles. The van der Waals surface area contributed by atoms with Gasteiger partial charge in [-0.25, -0.2) is 0 Å². The molecule has 2 atom stereocenters. The molecule has 0 amide bonds. The summed E-state index contributed by atoms with van der Waals surface area (Å²) >= 11 is 0. The summed E-state index contributed by atoms with van der Waals surface area (Å²) in [6, 6.07) is 0. The van der Waals surface area contributed by atoms with Crippen molar-refractivity contribution in [3.8, 4) is 0 Å². The SMILES string of the molecule is CN1C[C@@H](CC(C)(C)C)[C@H](CC(C)(C)C)C1. The predicted molar refractivity (Wildman–Crippen MR) is 72.6 cm³/mol. The van der Waals surface area contributed by atoms with E-state index >= 15 is 0 Å². The molecular formula is C15H31N. The second-order valence-corrected chi connectivity index (χ2v) is 8.27. The highest BCUT2D eigenvalue weighted by molar-refractivity contribution is 4.87. The minimum atomic E-state index is 0.478. The molecular weight excluding hydrogens is 194 g/mol. The third kappa shape index (κ3) is 4.86. The molecule has 1 aliphatic rings. The zero-order valence-electron chi connectivity index (χ0n) is 12.4. The Kier molecular flexibility index (Phi) is 4.10. The Balaban J connectivity index is 2.60. The van der Waals surface area contributed by atoms with Gasteiger partial charge in [0.1, 0.15) is 0 Å². The Morgan fingerprint density at radius 2 is 1.12 bits per heavy atom. The minimum Gasteiger partial charge on any atom is -0.306 e. The van der Waals surface area contributed by atoms with E-state index in [1.807, 2.05) is 0 Å². The van der Waals surface area contributed by atoms with Crippen molar-refractivity contribution in [1.29, 1.82) is 0 Å². The molecule has 0 radical (unpaired) electrons. The van der Waals surface area contributed by atoms with Crippen molar-refractivity contribution < 1.29 is 0 Å². The van der Waals surface area contributed by atoms with Gasteiger partial charge in [0.2, 0.25) is 0 Å². The fourth-order valence-corrected chi connectivity index (χ4v) is 3.21. The first-order valence-corrected chi connectivity index (χ1v) is 6.75. The van der Waals surface area contributed by atoms with Crippen molar-refractivity contribution in [3.63, 3.8) is 0 Å². The Hall–Kier alpha value is -0.0400. The number of rotatable bonds is 2. The highest BCUT2D eigenvalue weighted by atomic mass is 15.1. The lowest BCUT2D eigenvalue weighted by molar-refractivity contribution is 0.210. The molecule has 0 bridgehead atoms. The predicted octanol–water partition coefficient (Wildman–Crippen LogP) is 4.04. The van der Waals surface area contributed by atoms with Gasteiger partial charge in [-0.15, -0.1) is 0 Å². The second kappa shape index (κ2) is 4.68. The van der Waals surface area contributed by atoms with Crippen LogP contribution in [0.5, 0.6) is 0 Å². The standard InChI is InChI=1S/C15H31N/c1-14(2,3)8-12-10-16(7)11-13(12)9-15(4,5)6/h12-13H,8-11H2,1-7H3/t12-,13-/m1/s1. The van der Waals surface area contributed by atoms with E-state index in [9.17, 15) is 0 Å². The summed E-state index contributed by atoms with van der Waals surface area (Å²) in [6.45, 7) is 16.9. The van der Waals surface area contributed by atoms with E-state index in [1.165, 1.54) is 25.9 Å². The topological polar surface area (TPSA) is 3.24 Å². The molecule has 1 heterocycles. The van der Waals surface area contributed by atoms with E-state index in [2.05, 4.69) is 53.5 Å². The first-order chi connectivity index (χ1) is 7.07. The Morgan fingerprint density at radius 1 is 0.812 bits per heavy atom. The van der Waals surface area contributed by atoms with Gasteiger partial charge in [0.15, 0.2) is 0 Å². The first-order valence-electron chi connectivity index (χ1n) is 6.75. The van der Waals surface area contributed by atoms with Crippen LogP contribution in [-0.4, -0.2) is 25.0 Å². The molecule has 96 valence electrons. The molecule has 16 heavy (non-hydrogen) atoms. The quantitative estimate of drug-likeness (QED) is 0.685. The van der Waals surface area contributed by atoms with Gasteiger partial charge >= 0.3 is 0 Å². The van der Waals surface area contributed by atoms with Gasteiger partial charge in [0.25, 0.3) is 0 Å². The normalized spacial score (nSPS) is 28.7. The lowest BCUT2D eigenvalue weighted by Gasteiger charge is -2.30. The van der Waals surface area contributed by atoms with Gasteiger partial charge in [-0.3, -0.25) is 0 Å². The van der Waals surface area contributed by atoms with Gasteiger partial charge in [-0.2, -0.15) is 0 Å². The summed E-state index contributed by atoms with van der Waals surface area (Å²) in [4.78, 5) is 2.52. The van der Waals surface area contributed by atoms with Crippen LogP contribution in [0.1, 0.15) is 54.4 Å². The smallest absolute Gasteiger partial charge is 0.00101 e. The van der Waals surface area contributed by atoms with Crippen molar-refractivity contribution >= 4 is 0 Å². The monoisotopic (exact) mass is 225 g/mol. The third-order valence-electron chi connectivity index (χ3n) is 3.51. The maximum atomic E-state index is 2.52. The molecule has 0 unspecified atom stereocenters. The molecule has 1 saturated heterocycles. The van der Waals surface area contributed by atoms with Crippen LogP contribution >= 0.6 is 0 Å². The summed E-state index contributed by atoms with van der Waals surface area (Å²) in [5.74, 6) is 1.81. The summed E-state index contributed by atoms with van der Waals surface area (Å²) in [5.41, 5.74) is 0.956. The summed E-state index contributed by atoms with van der Waals surface area (Å²) in [5, 5.41) is 0. The zero-order chi connectivity index (χ0) is 12.6. The van der Waals surface area contributed by atoms with E-state index in [-0.39, 0.29) is 0 Å². The van der Waals surface area contributed by atoms with Crippen LogP contribution in [0.25, 0.3) is 0 Å².